The smallest absolute Gasteiger partial charge is 0.322 e. The van der Waals surface area contributed by atoms with Crippen molar-refractivity contribution in [3.05, 3.63) is 72.3 Å². The van der Waals surface area contributed by atoms with Crippen molar-refractivity contribution in [3.8, 4) is 17.5 Å². The van der Waals surface area contributed by atoms with Crippen LogP contribution in [0.4, 0.5) is 10.1 Å². The molecule has 1 aromatic heterocycles. The number of aromatic nitrogens is 2. The van der Waals surface area contributed by atoms with Gasteiger partial charge in [-0.05, 0) is 31.0 Å². The Balaban J connectivity index is 1.47. The lowest BCUT2D eigenvalue weighted by Crippen LogP contribution is -2.28. The maximum absolute atomic E-state index is 13.6. The molecule has 0 saturated heterocycles. The third kappa shape index (κ3) is 3.38. The van der Waals surface area contributed by atoms with Gasteiger partial charge in [-0.3, -0.25) is 4.79 Å². The van der Waals surface area contributed by atoms with Gasteiger partial charge in [-0.1, -0.05) is 30.3 Å². The fourth-order valence-electron chi connectivity index (χ4n) is 3.09. The van der Waals surface area contributed by atoms with Crippen LogP contribution in [-0.2, 0) is 10.2 Å². The van der Waals surface area contributed by atoms with Gasteiger partial charge >= 0.3 is 6.01 Å². The predicted octanol–water partition coefficient (Wildman–Crippen LogP) is 4.09. The Labute approximate surface area is 161 Å². The number of amides is 1. The van der Waals surface area contributed by atoms with E-state index in [0.717, 1.165) is 18.4 Å². The number of methoxy groups -OCH3 is 1. The van der Waals surface area contributed by atoms with Crippen LogP contribution in [-0.4, -0.2) is 23.0 Å². The maximum atomic E-state index is 13.6. The highest BCUT2D eigenvalue weighted by atomic mass is 19.1. The van der Waals surface area contributed by atoms with Crippen molar-refractivity contribution in [2.24, 2.45) is 0 Å². The molecule has 1 saturated carbocycles. The van der Waals surface area contributed by atoms with Crippen LogP contribution in [0.15, 0.2) is 60.9 Å². The van der Waals surface area contributed by atoms with Crippen LogP contribution < -0.4 is 14.8 Å². The van der Waals surface area contributed by atoms with Crippen LogP contribution in [0.2, 0.25) is 0 Å². The quantitative estimate of drug-likeness (QED) is 0.698. The minimum absolute atomic E-state index is 0.00559. The molecule has 1 heterocycles. The number of nitrogens with zero attached hydrogens (tertiary/aromatic N) is 2. The van der Waals surface area contributed by atoms with Gasteiger partial charge in [-0.25, -0.2) is 14.4 Å². The number of hydrogen-bond donors (Lipinski definition) is 1. The summed E-state index contributed by atoms with van der Waals surface area (Å²) in [4.78, 5) is 21.0. The number of anilines is 1. The molecule has 3 aromatic rings. The number of hydrogen-bond acceptors (Lipinski definition) is 5. The summed E-state index contributed by atoms with van der Waals surface area (Å²) in [6, 6.07) is 13.5. The van der Waals surface area contributed by atoms with Gasteiger partial charge in [0.2, 0.25) is 5.91 Å². The molecule has 0 spiro atoms. The van der Waals surface area contributed by atoms with Crippen molar-refractivity contribution in [2.45, 2.75) is 18.3 Å². The zero-order valence-electron chi connectivity index (χ0n) is 15.2. The number of rotatable bonds is 6. The van der Waals surface area contributed by atoms with Crippen molar-refractivity contribution in [1.82, 2.24) is 9.97 Å². The number of ether oxygens (including phenoxy) is 2. The van der Waals surface area contributed by atoms with Crippen LogP contribution in [0.25, 0.3) is 0 Å². The molecule has 1 amide bonds. The molecule has 7 heteroatoms. The SMILES string of the molecule is COc1ccccc1C1(C(=O)Nc2cnc(Oc3ccccc3F)nc2)CC1. The first-order valence-corrected chi connectivity index (χ1v) is 8.82. The monoisotopic (exact) mass is 379 g/mol. The summed E-state index contributed by atoms with van der Waals surface area (Å²) in [7, 11) is 1.59. The fraction of sp³-hybridized carbons (Fsp3) is 0.190. The summed E-state index contributed by atoms with van der Waals surface area (Å²) in [5.74, 6) is 0.0896. The van der Waals surface area contributed by atoms with E-state index < -0.39 is 11.2 Å². The van der Waals surface area contributed by atoms with E-state index >= 15 is 0 Å². The van der Waals surface area contributed by atoms with Crippen LogP contribution >= 0.6 is 0 Å². The molecule has 2 aromatic carbocycles. The lowest BCUT2D eigenvalue weighted by molar-refractivity contribution is -0.118. The summed E-state index contributed by atoms with van der Waals surface area (Å²) < 4.78 is 24.4. The highest BCUT2D eigenvalue weighted by Gasteiger charge is 2.52. The number of carbonyl (C=O) groups excluding carboxylic acids is 1. The number of carbonyl (C=O) groups is 1. The summed E-state index contributed by atoms with van der Waals surface area (Å²) in [5, 5.41) is 2.85. The lowest BCUT2D eigenvalue weighted by atomic mass is 9.94. The van der Waals surface area contributed by atoms with E-state index in [2.05, 4.69) is 15.3 Å². The van der Waals surface area contributed by atoms with Gasteiger partial charge in [-0.15, -0.1) is 0 Å². The second-order valence-corrected chi connectivity index (χ2v) is 6.52. The minimum atomic E-state index is -0.602. The molecular formula is C21H18FN3O3. The molecule has 1 aliphatic carbocycles. The molecule has 1 N–H and O–H groups in total. The van der Waals surface area contributed by atoms with Gasteiger partial charge < -0.3 is 14.8 Å². The van der Waals surface area contributed by atoms with E-state index in [1.807, 2.05) is 24.3 Å². The predicted molar refractivity (Wildman–Crippen MR) is 101 cm³/mol. The average Bonchev–Trinajstić information content (AvgIpc) is 3.53. The molecule has 0 bridgehead atoms. The van der Waals surface area contributed by atoms with Crippen molar-refractivity contribution in [1.29, 1.82) is 0 Å². The van der Waals surface area contributed by atoms with Gasteiger partial charge in [-0.2, -0.15) is 0 Å². The van der Waals surface area contributed by atoms with Crippen LogP contribution in [0.1, 0.15) is 18.4 Å². The third-order valence-electron chi connectivity index (χ3n) is 4.73. The number of benzene rings is 2. The van der Waals surface area contributed by atoms with Crippen molar-refractivity contribution >= 4 is 11.6 Å². The third-order valence-corrected chi connectivity index (χ3v) is 4.73. The Morgan fingerprint density at radius 1 is 1.04 bits per heavy atom. The van der Waals surface area contributed by atoms with E-state index in [9.17, 15) is 9.18 Å². The molecule has 0 unspecified atom stereocenters. The topological polar surface area (TPSA) is 73.3 Å². The highest BCUT2D eigenvalue weighted by Crippen LogP contribution is 2.51. The summed E-state index contributed by atoms with van der Waals surface area (Å²) >= 11 is 0. The normalized spacial score (nSPS) is 14.2. The van der Waals surface area contributed by atoms with E-state index in [1.54, 1.807) is 19.2 Å². The molecule has 0 atom stereocenters. The maximum Gasteiger partial charge on any atom is 0.322 e. The standard InChI is InChI=1S/C21H18FN3O3/c1-27-17-8-4-2-6-15(17)21(10-11-21)19(26)25-14-12-23-20(24-13-14)28-18-9-5-3-7-16(18)22/h2-9,12-13H,10-11H2,1H3,(H,25,26). The van der Waals surface area contributed by atoms with Gasteiger partial charge in [0.15, 0.2) is 11.6 Å². The molecule has 1 fully saturated rings. The van der Waals surface area contributed by atoms with Crippen LogP contribution in [0.3, 0.4) is 0 Å². The number of halogens is 1. The number of para-hydroxylation sites is 2. The van der Waals surface area contributed by atoms with E-state index in [0.29, 0.717) is 11.4 Å². The Bertz CT molecular complexity index is 1000. The van der Waals surface area contributed by atoms with E-state index in [-0.39, 0.29) is 17.7 Å². The largest absolute Gasteiger partial charge is 0.496 e. The van der Waals surface area contributed by atoms with Gasteiger partial charge in [0, 0.05) is 5.56 Å². The molecular weight excluding hydrogens is 361 g/mol. The summed E-state index contributed by atoms with van der Waals surface area (Å²) in [6.07, 6.45) is 4.35. The molecule has 142 valence electrons. The lowest BCUT2D eigenvalue weighted by Gasteiger charge is -2.18. The molecule has 4 rings (SSSR count). The zero-order chi connectivity index (χ0) is 19.6. The molecule has 28 heavy (non-hydrogen) atoms. The molecule has 6 nitrogen and oxygen atoms in total. The van der Waals surface area contributed by atoms with Crippen LogP contribution in [0.5, 0.6) is 17.5 Å². The first kappa shape index (κ1) is 17.9. The Kier molecular flexibility index (Phi) is 4.65. The first-order valence-electron chi connectivity index (χ1n) is 8.82. The fourth-order valence-corrected chi connectivity index (χ4v) is 3.09. The second kappa shape index (κ2) is 7.26. The van der Waals surface area contributed by atoms with Gasteiger partial charge in [0.05, 0.1) is 30.6 Å². The molecule has 1 aliphatic rings. The van der Waals surface area contributed by atoms with Gasteiger partial charge in [0.25, 0.3) is 0 Å². The van der Waals surface area contributed by atoms with E-state index in [1.165, 1.54) is 24.5 Å². The van der Waals surface area contributed by atoms with E-state index in [4.69, 9.17) is 9.47 Å². The van der Waals surface area contributed by atoms with Crippen molar-refractivity contribution in [2.75, 3.05) is 12.4 Å². The second-order valence-electron chi connectivity index (χ2n) is 6.52. The van der Waals surface area contributed by atoms with Crippen molar-refractivity contribution < 1.29 is 18.7 Å². The summed E-state index contributed by atoms with van der Waals surface area (Å²) in [6.45, 7) is 0. The average molecular weight is 379 g/mol. The highest BCUT2D eigenvalue weighted by molar-refractivity contribution is 6.01. The number of nitrogens with one attached hydrogen (secondary N) is 1. The zero-order valence-corrected chi connectivity index (χ0v) is 15.2. The minimum Gasteiger partial charge on any atom is -0.496 e. The Morgan fingerprint density at radius 2 is 1.68 bits per heavy atom. The summed E-state index contributed by atoms with van der Waals surface area (Å²) in [5.41, 5.74) is 0.706. The van der Waals surface area contributed by atoms with Crippen LogP contribution in [0, 0.1) is 5.82 Å². The molecule has 0 radical (unpaired) electrons. The Hall–Kier alpha value is -3.48. The first-order chi connectivity index (χ1) is 13.6. The van der Waals surface area contributed by atoms with Gasteiger partial charge in [0.1, 0.15) is 5.75 Å². The Morgan fingerprint density at radius 3 is 2.32 bits per heavy atom. The van der Waals surface area contributed by atoms with Crippen molar-refractivity contribution in [3.63, 3.8) is 0 Å². The molecule has 0 aliphatic heterocycles.